The van der Waals surface area contributed by atoms with E-state index in [1.54, 1.807) is 7.11 Å². The zero-order chi connectivity index (χ0) is 14.0. The lowest BCUT2D eigenvalue weighted by Crippen LogP contribution is -2.32. The fraction of sp³-hybridized carbons (Fsp3) is 0.500. The van der Waals surface area contributed by atoms with Gasteiger partial charge in [0.15, 0.2) is 0 Å². The van der Waals surface area contributed by atoms with E-state index in [0.717, 1.165) is 12.1 Å². The quantitative estimate of drug-likeness (QED) is 0.819. The van der Waals surface area contributed by atoms with Crippen molar-refractivity contribution in [2.24, 2.45) is 0 Å². The van der Waals surface area contributed by atoms with Gasteiger partial charge in [0.05, 0.1) is 22.5 Å². The van der Waals surface area contributed by atoms with Crippen LogP contribution >= 0.6 is 0 Å². The first-order valence-corrected chi connectivity index (χ1v) is 5.41. The molecule has 1 aromatic carbocycles. The second-order valence-electron chi connectivity index (χ2n) is 4.62. The normalized spacial score (nSPS) is 12.6. The first-order valence-electron chi connectivity index (χ1n) is 5.41. The van der Waals surface area contributed by atoms with Gasteiger partial charge < -0.3 is 15.8 Å². The Morgan fingerprint density at radius 1 is 1.28 bits per heavy atom. The van der Waals surface area contributed by atoms with Gasteiger partial charge in [-0.2, -0.15) is 13.2 Å². The molecule has 0 aliphatic rings. The van der Waals surface area contributed by atoms with Gasteiger partial charge >= 0.3 is 6.18 Å². The molecule has 0 unspecified atom stereocenters. The van der Waals surface area contributed by atoms with Crippen LogP contribution in [-0.2, 0) is 10.9 Å². The number of ether oxygens (including phenoxy) is 1. The molecule has 3 N–H and O–H groups in total. The maximum absolute atomic E-state index is 12.4. The zero-order valence-corrected chi connectivity index (χ0v) is 10.6. The van der Waals surface area contributed by atoms with E-state index in [1.807, 2.05) is 13.8 Å². The number of benzene rings is 1. The van der Waals surface area contributed by atoms with Gasteiger partial charge in [-0.1, -0.05) is 0 Å². The molecule has 6 heteroatoms. The highest BCUT2D eigenvalue weighted by atomic mass is 19.4. The van der Waals surface area contributed by atoms with Crippen molar-refractivity contribution in [3.63, 3.8) is 0 Å². The van der Waals surface area contributed by atoms with Crippen LogP contribution in [0.1, 0.15) is 19.4 Å². The maximum Gasteiger partial charge on any atom is 0.416 e. The van der Waals surface area contributed by atoms with Crippen LogP contribution in [0.3, 0.4) is 0 Å². The average molecular weight is 262 g/mol. The van der Waals surface area contributed by atoms with E-state index in [2.05, 4.69) is 5.32 Å². The molecule has 0 fully saturated rings. The summed E-state index contributed by atoms with van der Waals surface area (Å²) in [6, 6.07) is 3.24. The number of hydrogen-bond donors (Lipinski definition) is 2. The number of nitrogens with one attached hydrogen (secondary N) is 1. The van der Waals surface area contributed by atoms with Crippen molar-refractivity contribution in [3.8, 4) is 0 Å². The van der Waals surface area contributed by atoms with Gasteiger partial charge in [-0.3, -0.25) is 0 Å². The predicted octanol–water partition coefficient (Wildman–Crippen LogP) is 3.12. The first-order chi connectivity index (χ1) is 8.15. The Labute approximate surface area is 104 Å². The Hall–Kier alpha value is -1.43. The van der Waals surface area contributed by atoms with Crippen LogP contribution in [0.15, 0.2) is 18.2 Å². The van der Waals surface area contributed by atoms with E-state index in [9.17, 15) is 13.2 Å². The molecule has 0 saturated carbocycles. The Kier molecular flexibility index (Phi) is 4.11. The summed E-state index contributed by atoms with van der Waals surface area (Å²) in [5, 5.41) is 2.97. The summed E-state index contributed by atoms with van der Waals surface area (Å²) in [6.45, 7) is 4.17. The van der Waals surface area contributed by atoms with Crippen LogP contribution in [0, 0.1) is 0 Å². The number of methoxy groups -OCH3 is 1. The van der Waals surface area contributed by atoms with Crippen molar-refractivity contribution >= 4 is 11.4 Å². The van der Waals surface area contributed by atoms with Gasteiger partial charge in [-0.15, -0.1) is 0 Å². The van der Waals surface area contributed by atoms with E-state index >= 15 is 0 Å². The Morgan fingerprint density at radius 3 is 2.33 bits per heavy atom. The molecule has 0 bridgehead atoms. The lowest BCUT2D eigenvalue weighted by atomic mass is 10.1. The second-order valence-corrected chi connectivity index (χ2v) is 4.62. The molecule has 0 heterocycles. The third-order valence-corrected chi connectivity index (χ3v) is 2.64. The predicted molar refractivity (Wildman–Crippen MR) is 65.4 cm³/mol. The van der Waals surface area contributed by atoms with Gasteiger partial charge in [-0.25, -0.2) is 0 Å². The highest BCUT2D eigenvalue weighted by Gasteiger charge is 2.30. The highest BCUT2D eigenvalue weighted by molar-refractivity contribution is 5.67. The molecule has 1 rings (SSSR count). The van der Waals surface area contributed by atoms with Crippen LogP contribution in [0.4, 0.5) is 24.5 Å². The van der Waals surface area contributed by atoms with Crippen molar-refractivity contribution in [3.05, 3.63) is 23.8 Å². The SMILES string of the molecule is COC(C)(C)CNc1ccc(C(F)(F)F)cc1N. The standard InChI is InChI=1S/C12H17F3N2O/c1-11(2,18-3)7-17-10-5-4-8(6-9(10)16)12(13,14)15/h4-6,17H,7,16H2,1-3H3. The molecule has 102 valence electrons. The zero-order valence-electron chi connectivity index (χ0n) is 10.6. The Bertz CT molecular complexity index is 416. The third kappa shape index (κ3) is 3.80. The van der Waals surface area contributed by atoms with Gasteiger partial charge in [0.1, 0.15) is 0 Å². The number of alkyl halides is 3. The molecular formula is C12H17F3N2O. The summed E-state index contributed by atoms with van der Waals surface area (Å²) in [5.74, 6) is 0. The molecule has 0 aliphatic carbocycles. The first kappa shape index (κ1) is 14.6. The van der Waals surface area contributed by atoms with Crippen LogP contribution < -0.4 is 11.1 Å². The second kappa shape index (κ2) is 5.06. The molecular weight excluding hydrogens is 245 g/mol. The summed E-state index contributed by atoms with van der Waals surface area (Å²) < 4.78 is 42.5. The number of nitrogens with two attached hydrogens (primary N) is 1. The summed E-state index contributed by atoms with van der Waals surface area (Å²) in [7, 11) is 1.57. The highest BCUT2D eigenvalue weighted by Crippen LogP contribution is 2.32. The number of anilines is 2. The summed E-state index contributed by atoms with van der Waals surface area (Å²) in [5.41, 5.74) is 4.94. The fourth-order valence-electron chi connectivity index (χ4n) is 1.28. The smallest absolute Gasteiger partial charge is 0.397 e. The number of nitrogen functional groups attached to an aromatic ring is 1. The van der Waals surface area contributed by atoms with Crippen molar-refractivity contribution in [1.29, 1.82) is 0 Å². The minimum atomic E-state index is -4.38. The van der Waals surface area contributed by atoms with Gasteiger partial charge in [-0.05, 0) is 32.0 Å². The molecule has 0 saturated heterocycles. The van der Waals surface area contributed by atoms with E-state index in [4.69, 9.17) is 10.5 Å². The van der Waals surface area contributed by atoms with Gasteiger partial charge in [0.25, 0.3) is 0 Å². The molecule has 0 amide bonds. The Balaban J connectivity index is 2.81. The molecule has 1 aromatic rings. The van der Waals surface area contributed by atoms with Crippen molar-refractivity contribution < 1.29 is 17.9 Å². The molecule has 0 aliphatic heterocycles. The van der Waals surface area contributed by atoms with Crippen molar-refractivity contribution in [2.75, 3.05) is 24.7 Å². The molecule has 0 aromatic heterocycles. The average Bonchev–Trinajstić information content (AvgIpc) is 2.26. The molecule has 0 radical (unpaired) electrons. The molecule has 0 atom stereocenters. The van der Waals surface area contributed by atoms with E-state index in [-0.39, 0.29) is 5.69 Å². The minimum absolute atomic E-state index is 0.0664. The number of hydrogen-bond acceptors (Lipinski definition) is 3. The monoisotopic (exact) mass is 262 g/mol. The topological polar surface area (TPSA) is 47.3 Å². The van der Waals surface area contributed by atoms with E-state index in [0.29, 0.717) is 12.2 Å². The number of halogens is 3. The third-order valence-electron chi connectivity index (χ3n) is 2.64. The van der Waals surface area contributed by atoms with Gasteiger partial charge in [0, 0.05) is 13.7 Å². The van der Waals surface area contributed by atoms with Crippen LogP contribution in [0.25, 0.3) is 0 Å². The van der Waals surface area contributed by atoms with Crippen molar-refractivity contribution in [2.45, 2.75) is 25.6 Å². The summed E-state index contributed by atoms with van der Waals surface area (Å²) in [4.78, 5) is 0. The molecule has 18 heavy (non-hydrogen) atoms. The van der Waals surface area contributed by atoms with Crippen LogP contribution in [0.5, 0.6) is 0 Å². The maximum atomic E-state index is 12.4. The fourth-order valence-corrected chi connectivity index (χ4v) is 1.28. The van der Waals surface area contributed by atoms with Crippen molar-refractivity contribution in [1.82, 2.24) is 0 Å². The van der Waals surface area contributed by atoms with Crippen LogP contribution in [-0.4, -0.2) is 19.3 Å². The summed E-state index contributed by atoms with van der Waals surface area (Å²) >= 11 is 0. The lowest BCUT2D eigenvalue weighted by molar-refractivity contribution is -0.137. The van der Waals surface area contributed by atoms with Gasteiger partial charge in [0.2, 0.25) is 0 Å². The minimum Gasteiger partial charge on any atom is -0.397 e. The van der Waals surface area contributed by atoms with Crippen LogP contribution in [0.2, 0.25) is 0 Å². The lowest BCUT2D eigenvalue weighted by Gasteiger charge is -2.24. The molecule has 0 spiro atoms. The largest absolute Gasteiger partial charge is 0.416 e. The Morgan fingerprint density at radius 2 is 1.89 bits per heavy atom. The van der Waals surface area contributed by atoms with E-state index in [1.165, 1.54) is 6.07 Å². The van der Waals surface area contributed by atoms with E-state index < -0.39 is 17.3 Å². The summed E-state index contributed by atoms with van der Waals surface area (Å²) in [6.07, 6.45) is -4.38. The number of rotatable bonds is 4. The molecule has 3 nitrogen and oxygen atoms in total.